The Labute approximate surface area is 272 Å². The molecular formula is C42H80N+. The molecule has 0 spiro atoms. The minimum absolute atomic E-state index is 1.19. The summed E-state index contributed by atoms with van der Waals surface area (Å²) in [5.74, 6) is 0. The predicted molar refractivity (Wildman–Crippen MR) is 194 cm³/mol. The fourth-order valence-electron chi connectivity index (χ4n) is 6.70. The second kappa shape index (κ2) is 34.0. The molecule has 1 heterocycles. The fraction of sp³-hybridized carbons (Fsp3) is 0.881. The minimum Gasteiger partial charge on any atom is -0.205 e. The Kier molecular flexibility index (Phi) is 31.8. The van der Waals surface area contributed by atoms with E-state index in [1.165, 1.54) is 230 Å². The van der Waals surface area contributed by atoms with Gasteiger partial charge >= 0.3 is 0 Å². The van der Waals surface area contributed by atoms with Crippen LogP contribution in [0.25, 0.3) is 0 Å². The molecule has 0 unspecified atom stereocenters. The van der Waals surface area contributed by atoms with Crippen LogP contribution < -0.4 is 4.57 Å². The molecule has 0 radical (unpaired) electrons. The van der Waals surface area contributed by atoms with E-state index in [9.17, 15) is 0 Å². The summed E-state index contributed by atoms with van der Waals surface area (Å²) in [5, 5.41) is 0. The lowest BCUT2D eigenvalue weighted by Gasteiger charge is -2.04. The standard InChI is InChI=1S/C42H80N/c1-3-5-7-9-11-13-15-17-19-21-23-25-27-29-31-33-35-39-43-40-37-42(38-41-43)36-34-32-30-28-26-24-22-20-18-16-14-12-10-8-6-4-2/h37-38,40-41H,3-36,39H2,1-2H3/q+1. The summed E-state index contributed by atoms with van der Waals surface area (Å²) in [4.78, 5) is 0. The van der Waals surface area contributed by atoms with Crippen LogP contribution in [0.2, 0.25) is 0 Å². The maximum absolute atomic E-state index is 2.41. The normalized spacial score (nSPS) is 11.5. The molecule has 0 aliphatic heterocycles. The molecule has 0 fully saturated rings. The quantitative estimate of drug-likeness (QED) is 0.0540. The fourth-order valence-corrected chi connectivity index (χ4v) is 6.70. The van der Waals surface area contributed by atoms with Crippen LogP contribution in [0.4, 0.5) is 0 Å². The van der Waals surface area contributed by atoms with Crippen molar-refractivity contribution in [3.8, 4) is 0 Å². The van der Waals surface area contributed by atoms with Gasteiger partial charge in [-0.3, -0.25) is 0 Å². The van der Waals surface area contributed by atoms with Gasteiger partial charge in [0.15, 0.2) is 12.4 Å². The van der Waals surface area contributed by atoms with Gasteiger partial charge in [0.05, 0.1) is 0 Å². The molecule has 1 nitrogen and oxygen atoms in total. The van der Waals surface area contributed by atoms with Crippen molar-refractivity contribution in [1.29, 1.82) is 0 Å². The van der Waals surface area contributed by atoms with Crippen LogP contribution in [0, 0.1) is 0 Å². The number of hydrogen-bond donors (Lipinski definition) is 0. The first-order valence-electron chi connectivity index (χ1n) is 20.3. The molecular weight excluding hydrogens is 518 g/mol. The molecule has 0 saturated heterocycles. The van der Waals surface area contributed by atoms with E-state index in [-0.39, 0.29) is 0 Å². The lowest BCUT2D eigenvalue weighted by molar-refractivity contribution is -0.697. The Balaban J connectivity index is 1.80. The molecule has 0 aliphatic rings. The monoisotopic (exact) mass is 599 g/mol. The summed E-state index contributed by atoms with van der Waals surface area (Å²) in [6.07, 6.45) is 53.7. The van der Waals surface area contributed by atoms with Crippen molar-refractivity contribution in [2.24, 2.45) is 0 Å². The zero-order valence-electron chi connectivity index (χ0n) is 30.0. The van der Waals surface area contributed by atoms with Crippen LogP contribution in [0.5, 0.6) is 0 Å². The van der Waals surface area contributed by atoms with Gasteiger partial charge in [-0.25, -0.2) is 4.57 Å². The summed E-state index contributed by atoms with van der Waals surface area (Å²) in [5.41, 5.74) is 1.53. The average Bonchev–Trinajstić information content (AvgIpc) is 3.03. The SMILES string of the molecule is CCCCCCCCCCCCCCCCCCC[n+]1ccc(CCCCCCCCCCCCCCCCCC)cc1. The third-order valence-corrected chi connectivity index (χ3v) is 9.80. The molecule has 0 aliphatic carbocycles. The number of hydrogen-bond acceptors (Lipinski definition) is 0. The Morgan fingerprint density at radius 3 is 0.884 bits per heavy atom. The van der Waals surface area contributed by atoms with Crippen LogP contribution >= 0.6 is 0 Å². The van der Waals surface area contributed by atoms with E-state index in [1.54, 1.807) is 0 Å². The molecule has 43 heavy (non-hydrogen) atoms. The molecule has 1 heteroatoms. The predicted octanol–water partition coefficient (Wildman–Crippen LogP) is 14.4. The molecule has 0 aromatic carbocycles. The third-order valence-electron chi connectivity index (χ3n) is 9.80. The maximum Gasteiger partial charge on any atom is 0.169 e. The van der Waals surface area contributed by atoms with E-state index >= 15 is 0 Å². The molecule has 1 rings (SSSR count). The lowest BCUT2D eigenvalue weighted by atomic mass is 10.0. The van der Waals surface area contributed by atoms with Gasteiger partial charge < -0.3 is 0 Å². The average molecular weight is 599 g/mol. The van der Waals surface area contributed by atoms with Crippen LogP contribution in [0.3, 0.4) is 0 Å². The molecule has 0 saturated carbocycles. The zero-order chi connectivity index (χ0) is 30.7. The van der Waals surface area contributed by atoms with Crippen LogP contribution in [-0.4, -0.2) is 0 Å². The van der Waals surface area contributed by atoms with Crippen molar-refractivity contribution in [2.75, 3.05) is 0 Å². The highest BCUT2D eigenvalue weighted by molar-refractivity contribution is 5.07. The Bertz CT molecular complexity index is 635. The second-order valence-electron chi connectivity index (χ2n) is 14.2. The van der Waals surface area contributed by atoms with Crippen molar-refractivity contribution in [3.05, 3.63) is 30.1 Å². The Hall–Kier alpha value is -0.850. The molecule has 0 amide bonds. The number of aryl methyl sites for hydroxylation is 2. The second-order valence-corrected chi connectivity index (χ2v) is 14.2. The van der Waals surface area contributed by atoms with Gasteiger partial charge in [0.25, 0.3) is 0 Å². The largest absolute Gasteiger partial charge is 0.205 e. The number of unbranched alkanes of at least 4 members (excludes halogenated alkanes) is 31. The first-order valence-corrected chi connectivity index (χ1v) is 20.3. The molecule has 252 valence electrons. The lowest BCUT2D eigenvalue weighted by Crippen LogP contribution is -2.32. The Morgan fingerprint density at radius 1 is 0.326 bits per heavy atom. The minimum atomic E-state index is 1.19. The van der Waals surface area contributed by atoms with Crippen molar-refractivity contribution in [2.45, 2.75) is 239 Å². The topological polar surface area (TPSA) is 3.88 Å². The van der Waals surface area contributed by atoms with Gasteiger partial charge in [-0.15, -0.1) is 0 Å². The highest BCUT2D eigenvalue weighted by Gasteiger charge is 2.02. The van der Waals surface area contributed by atoms with Crippen LogP contribution in [0.15, 0.2) is 24.5 Å². The third kappa shape index (κ3) is 29.6. The number of aromatic nitrogens is 1. The van der Waals surface area contributed by atoms with Gasteiger partial charge in [-0.2, -0.15) is 0 Å². The number of pyridine rings is 1. The zero-order valence-corrected chi connectivity index (χ0v) is 30.0. The molecule has 0 atom stereocenters. The first kappa shape index (κ1) is 40.2. The van der Waals surface area contributed by atoms with Crippen LogP contribution in [0.1, 0.15) is 231 Å². The van der Waals surface area contributed by atoms with Gasteiger partial charge in [0.1, 0.15) is 6.54 Å². The van der Waals surface area contributed by atoms with Crippen molar-refractivity contribution < 1.29 is 4.57 Å². The summed E-state index contributed by atoms with van der Waals surface area (Å²) in [6.45, 7) is 5.81. The highest BCUT2D eigenvalue weighted by atomic mass is 14.9. The van der Waals surface area contributed by atoms with Gasteiger partial charge in [-0.05, 0) is 24.8 Å². The van der Waals surface area contributed by atoms with Crippen molar-refractivity contribution >= 4 is 0 Å². The van der Waals surface area contributed by atoms with E-state index in [4.69, 9.17) is 0 Å². The molecule has 0 bridgehead atoms. The van der Waals surface area contributed by atoms with E-state index in [1.807, 2.05) is 0 Å². The van der Waals surface area contributed by atoms with Crippen LogP contribution in [-0.2, 0) is 13.0 Å². The van der Waals surface area contributed by atoms with E-state index in [0.717, 1.165) is 0 Å². The molecule has 1 aromatic rings. The summed E-state index contributed by atoms with van der Waals surface area (Å²) >= 11 is 0. The van der Waals surface area contributed by atoms with E-state index < -0.39 is 0 Å². The Morgan fingerprint density at radius 2 is 0.581 bits per heavy atom. The highest BCUT2D eigenvalue weighted by Crippen LogP contribution is 2.16. The smallest absolute Gasteiger partial charge is 0.169 e. The first-order chi connectivity index (χ1) is 21.4. The molecule has 1 aromatic heterocycles. The number of rotatable bonds is 35. The maximum atomic E-state index is 2.41. The summed E-state index contributed by atoms with van der Waals surface area (Å²) in [6, 6.07) is 4.75. The van der Waals surface area contributed by atoms with Gasteiger partial charge in [-0.1, -0.05) is 206 Å². The summed E-state index contributed by atoms with van der Waals surface area (Å²) in [7, 11) is 0. The van der Waals surface area contributed by atoms with Gasteiger partial charge in [0, 0.05) is 18.6 Å². The van der Waals surface area contributed by atoms with Gasteiger partial charge in [0.2, 0.25) is 0 Å². The van der Waals surface area contributed by atoms with E-state index in [2.05, 4.69) is 42.9 Å². The molecule has 0 N–H and O–H groups in total. The summed E-state index contributed by atoms with van der Waals surface area (Å²) < 4.78 is 2.41. The number of nitrogens with zero attached hydrogens (tertiary/aromatic N) is 1. The van der Waals surface area contributed by atoms with E-state index in [0.29, 0.717) is 0 Å². The van der Waals surface area contributed by atoms with Crippen molar-refractivity contribution in [3.63, 3.8) is 0 Å². The van der Waals surface area contributed by atoms with Crippen molar-refractivity contribution in [1.82, 2.24) is 0 Å².